The third-order valence-electron chi connectivity index (χ3n) is 6.29. The molecule has 35 heavy (non-hydrogen) atoms. The van der Waals surface area contributed by atoms with Crippen molar-refractivity contribution < 1.29 is 9.53 Å². The van der Waals surface area contributed by atoms with Crippen LogP contribution in [0.15, 0.2) is 58.5 Å². The summed E-state index contributed by atoms with van der Waals surface area (Å²) in [5.41, 5.74) is 3.87. The number of thioether (sulfide) groups is 1. The van der Waals surface area contributed by atoms with Crippen LogP contribution in [0, 0.1) is 0 Å². The fourth-order valence-corrected chi connectivity index (χ4v) is 5.58. The minimum atomic E-state index is -0.117. The molecule has 0 unspecified atom stereocenters. The molecule has 0 saturated carbocycles. The van der Waals surface area contributed by atoms with Gasteiger partial charge in [0.1, 0.15) is 11.3 Å². The molecule has 8 heteroatoms. The first-order valence-electron chi connectivity index (χ1n) is 12.0. The Labute approximate surface area is 208 Å². The highest BCUT2D eigenvalue weighted by atomic mass is 32.2. The molecule has 5 rings (SSSR count). The number of nitrogens with zero attached hydrogens (tertiary/aromatic N) is 4. The van der Waals surface area contributed by atoms with E-state index in [4.69, 9.17) is 9.72 Å². The maximum atomic E-state index is 13.4. The highest BCUT2D eigenvalue weighted by molar-refractivity contribution is 7.98. The number of ether oxygens (including phenoxy) is 1. The SMILES string of the molecule is CCOc1ccc(C(C)=O)cc1CSc1nc2nn(-c3ccccc3)c(=O)c-2c2n1CCCCC2. The zero-order valence-electron chi connectivity index (χ0n) is 20.0. The highest BCUT2D eigenvalue weighted by Gasteiger charge is 2.27. The molecule has 0 aromatic heterocycles. The number of Topliss-reactive ketones (excluding diaryl/α,β-unsaturated/α-hetero) is 1. The van der Waals surface area contributed by atoms with E-state index in [0.29, 0.717) is 29.3 Å². The Kier molecular flexibility index (Phi) is 6.72. The molecular weight excluding hydrogens is 460 g/mol. The topological polar surface area (TPSA) is 79.0 Å². The molecule has 7 nitrogen and oxygen atoms in total. The van der Waals surface area contributed by atoms with Crippen molar-refractivity contribution in [2.75, 3.05) is 6.61 Å². The molecule has 0 atom stereocenters. The van der Waals surface area contributed by atoms with E-state index in [1.54, 1.807) is 24.8 Å². The molecule has 3 aliphatic rings. The molecule has 3 aliphatic heterocycles. The Balaban J connectivity index is 1.58. The van der Waals surface area contributed by atoms with Gasteiger partial charge in [0.15, 0.2) is 16.8 Å². The summed E-state index contributed by atoms with van der Waals surface area (Å²) in [6.07, 6.45) is 4.02. The molecule has 0 spiro atoms. The van der Waals surface area contributed by atoms with Crippen LogP contribution in [0.1, 0.15) is 54.7 Å². The number of carbonyl (C=O) groups is 1. The first-order valence-corrected chi connectivity index (χ1v) is 13.0. The molecule has 0 amide bonds. The molecule has 180 valence electrons. The van der Waals surface area contributed by atoms with Crippen molar-refractivity contribution in [1.82, 2.24) is 19.3 Å². The third-order valence-corrected chi connectivity index (χ3v) is 7.32. The number of hydrogen-bond donors (Lipinski definition) is 0. The van der Waals surface area contributed by atoms with Crippen molar-refractivity contribution in [2.24, 2.45) is 0 Å². The van der Waals surface area contributed by atoms with Crippen molar-refractivity contribution in [3.05, 3.63) is 75.7 Å². The molecule has 2 aromatic carbocycles. The molecular formula is C27H28N4O3S. The van der Waals surface area contributed by atoms with E-state index in [9.17, 15) is 9.59 Å². The van der Waals surface area contributed by atoms with E-state index in [0.717, 1.165) is 60.1 Å². The lowest BCUT2D eigenvalue weighted by Gasteiger charge is -2.18. The van der Waals surface area contributed by atoms with Crippen molar-refractivity contribution >= 4 is 17.5 Å². The van der Waals surface area contributed by atoms with E-state index in [-0.39, 0.29) is 11.3 Å². The number of carbonyl (C=O) groups excluding carboxylic acids is 1. The maximum absolute atomic E-state index is 13.4. The molecule has 3 heterocycles. The summed E-state index contributed by atoms with van der Waals surface area (Å²) in [5.74, 6) is 1.88. The second-order valence-corrected chi connectivity index (χ2v) is 9.60. The molecule has 2 aromatic rings. The second kappa shape index (κ2) is 10.1. The second-order valence-electron chi connectivity index (χ2n) is 8.65. The summed E-state index contributed by atoms with van der Waals surface area (Å²) in [6.45, 7) is 4.89. The van der Waals surface area contributed by atoms with Crippen molar-refractivity contribution in [2.45, 2.75) is 57.0 Å². The zero-order chi connectivity index (χ0) is 24.4. The Morgan fingerprint density at radius 3 is 2.71 bits per heavy atom. The highest BCUT2D eigenvalue weighted by Crippen LogP contribution is 2.33. The number of ketones is 1. The van der Waals surface area contributed by atoms with Gasteiger partial charge in [0.05, 0.1) is 12.3 Å². The van der Waals surface area contributed by atoms with E-state index in [2.05, 4.69) is 9.67 Å². The predicted octanol–water partition coefficient (Wildman–Crippen LogP) is 5.15. The van der Waals surface area contributed by atoms with Gasteiger partial charge in [-0.2, -0.15) is 4.68 Å². The van der Waals surface area contributed by atoms with Gasteiger partial charge in [-0.15, -0.1) is 5.10 Å². The average molecular weight is 489 g/mol. The standard InChI is InChI=1S/C27H28N4O3S/c1-3-34-23-14-13-19(18(2)32)16-20(23)17-35-27-28-25-24(22-12-8-5-9-15-30(22)27)26(33)31(29-25)21-10-6-4-7-11-21/h4,6-7,10-11,13-14,16H,3,5,8-9,12,15,17H2,1-2H3. The van der Waals surface area contributed by atoms with Gasteiger partial charge in [-0.3, -0.25) is 9.59 Å². The van der Waals surface area contributed by atoms with Gasteiger partial charge in [-0.25, -0.2) is 4.98 Å². The van der Waals surface area contributed by atoms with Crippen LogP contribution < -0.4 is 10.3 Å². The van der Waals surface area contributed by atoms with Gasteiger partial charge in [-0.05, 0) is 63.4 Å². The van der Waals surface area contributed by atoms with Crippen LogP contribution in [-0.4, -0.2) is 31.7 Å². The maximum Gasteiger partial charge on any atom is 0.284 e. The molecule has 0 radical (unpaired) electrons. The van der Waals surface area contributed by atoms with E-state index >= 15 is 0 Å². The van der Waals surface area contributed by atoms with Crippen LogP contribution in [0.25, 0.3) is 17.1 Å². The smallest absolute Gasteiger partial charge is 0.284 e. The van der Waals surface area contributed by atoms with Gasteiger partial charge in [0, 0.05) is 29.1 Å². The summed E-state index contributed by atoms with van der Waals surface area (Å²) in [4.78, 5) is 30.2. The lowest BCUT2D eigenvalue weighted by molar-refractivity contribution is 0.101. The molecule has 0 fully saturated rings. The zero-order valence-corrected chi connectivity index (χ0v) is 20.8. The molecule has 0 N–H and O–H groups in total. The predicted molar refractivity (Wildman–Crippen MR) is 137 cm³/mol. The number of rotatable bonds is 7. The summed E-state index contributed by atoms with van der Waals surface area (Å²) in [5, 5.41) is 5.45. The van der Waals surface area contributed by atoms with Crippen LogP contribution in [0.5, 0.6) is 5.75 Å². The van der Waals surface area contributed by atoms with Crippen molar-refractivity contribution in [1.29, 1.82) is 0 Å². The molecule has 0 saturated heterocycles. The molecule has 0 bridgehead atoms. The Bertz CT molecular complexity index is 1390. The summed E-state index contributed by atoms with van der Waals surface area (Å²) < 4.78 is 9.48. The number of para-hydroxylation sites is 1. The van der Waals surface area contributed by atoms with E-state index < -0.39 is 0 Å². The van der Waals surface area contributed by atoms with Gasteiger partial charge < -0.3 is 9.30 Å². The fraction of sp³-hybridized carbons (Fsp3) is 0.333. The minimum absolute atomic E-state index is 0.0245. The van der Waals surface area contributed by atoms with Crippen LogP contribution in [-0.2, 0) is 18.7 Å². The van der Waals surface area contributed by atoms with Crippen molar-refractivity contribution in [3.8, 4) is 22.8 Å². The quantitative estimate of drug-likeness (QED) is 0.203. The lowest BCUT2D eigenvalue weighted by Crippen LogP contribution is -2.19. The average Bonchev–Trinajstić information content (AvgIpc) is 3.03. The third kappa shape index (κ3) is 4.62. The summed E-state index contributed by atoms with van der Waals surface area (Å²) in [7, 11) is 0. The van der Waals surface area contributed by atoms with Gasteiger partial charge in [-0.1, -0.05) is 36.4 Å². The number of hydrogen-bond acceptors (Lipinski definition) is 6. The lowest BCUT2D eigenvalue weighted by atomic mass is 10.1. The first-order chi connectivity index (χ1) is 17.1. The fourth-order valence-electron chi connectivity index (χ4n) is 4.56. The minimum Gasteiger partial charge on any atom is -0.494 e. The normalized spacial score (nSPS) is 13.4. The molecule has 0 aliphatic carbocycles. The number of benzene rings is 2. The number of fused-ring (bicyclic) bond motifs is 3. The monoisotopic (exact) mass is 488 g/mol. The van der Waals surface area contributed by atoms with Crippen LogP contribution in [0.4, 0.5) is 0 Å². The van der Waals surface area contributed by atoms with Crippen molar-refractivity contribution in [3.63, 3.8) is 0 Å². The van der Waals surface area contributed by atoms with E-state index in [1.165, 1.54) is 4.68 Å². The van der Waals surface area contributed by atoms with Crippen LogP contribution in [0.2, 0.25) is 0 Å². The van der Waals surface area contributed by atoms with Gasteiger partial charge in [0.2, 0.25) is 0 Å². The van der Waals surface area contributed by atoms with Crippen LogP contribution in [0.3, 0.4) is 0 Å². The van der Waals surface area contributed by atoms with Gasteiger partial charge in [0.25, 0.3) is 5.56 Å². The Morgan fingerprint density at radius 1 is 1.11 bits per heavy atom. The largest absolute Gasteiger partial charge is 0.494 e. The number of aromatic nitrogens is 4. The first kappa shape index (κ1) is 23.4. The summed E-state index contributed by atoms with van der Waals surface area (Å²) >= 11 is 1.59. The Morgan fingerprint density at radius 2 is 1.94 bits per heavy atom. The van der Waals surface area contributed by atoms with Gasteiger partial charge >= 0.3 is 0 Å². The Hall–Kier alpha value is -3.39. The van der Waals surface area contributed by atoms with E-state index in [1.807, 2.05) is 49.4 Å². The van der Waals surface area contributed by atoms with Crippen LogP contribution >= 0.6 is 11.8 Å². The summed E-state index contributed by atoms with van der Waals surface area (Å²) in [6, 6.07) is 15.1.